The molecule has 2 heteroatoms. The highest BCUT2D eigenvalue weighted by Crippen LogP contribution is 1.99. The molecule has 0 bridgehead atoms. The third-order valence-electron chi connectivity index (χ3n) is 1.89. The van der Waals surface area contributed by atoms with Crippen molar-refractivity contribution in [3.05, 3.63) is 0 Å². The molecule has 0 spiro atoms. The van der Waals surface area contributed by atoms with Crippen molar-refractivity contribution in [3.8, 4) is 0 Å². The van der Waals surface area contributed by atoms with E-state index in [4.69, 9.17) is 10.5 Å². The van der Waals surface area contributed by atoms with Gasteiger partial charge in [0.15, 0.2) is 0 Å². The number of unbranched alkanes of at least 4 members (excludes halogenated alkanes) is 4. The molecule has 0 aliphatic heterocycles. The lowest BCUT2D eigenvalue weighted by atomic mass is 10.2. The van der Waals surface area contributed by atoms with Gasteiger partial charge in [0.2, 0.25) is 0 Å². The van der Waals surface area contributed by atoms with Crippen LogP contribution in [0, 0.1) is 0 Å². The SMILES string of the molecule is CCCCOCCCCCCN. The maximum Gasteiger partial charge on any atom is 0.0466 e. The van der Waals surface area contributed by atoms with E-state index in [1.807, 2.05) is 0 Å². The van der Waals surface area contributed by atoms with Crippen LogP contribution in [0.15, 0.2) is 0 Å². The molecule has 0 amide bonds. The van der Waals surface area contributed by atoms with E-state index in [1.54, 1.807) is 0 Å². The zero-order valence-corrected chi connectivity index (χ0v) is 8.35. The van der Waals surface area contributed by atoms with Crippen molar-refractivity contribution in [2.45, 2.75) is 45.4 Å². The van der Waals surface area contributed by atoms with Crippen LogP contribution >= 0.6 is 0 Å². The fourth-order valence-corrected chi connectivity index (χ4v) is 1.05. The minimum absolute atomic E-state index is 0.830. The molecule has 0 aromatic heterocycles. The summed E-state index contributed by atoms with van der Waals surface area (Å²) >= 11 is 0. The second-order valence-corrected chi connectivity index (χ2v) is 3.17. The van der Waals surface area contributed by atoms with E-state index in [1.165, 1.54) is 32.1 Å². The molecular weight excluding hydrogens is 150 g/mol. The maximum atomic E-state index is 5.42. The van der Waals surface area contributed by atoms with Crippen LogP contribution in [0.3, 0.4) is 0 Å². The summed E-state index contributed by atoms with van der Waals surface area (Å²) in [6.07, 6.45) is 7.31. The van der Waals surface area contributed by atoms with Crippen molar-refractivity contribution < 1.29 is 4.74 Å². The lowest BCUT2D eigenvalue weighted by Crippen LogP contribution is -1.99. The summed E-state index contributed by atoms with van der Waals surface area (Å²) in [6.45, 7) is 4.89. The molecule has 2 N–H and O–H groups in total. The fraction of sp³-hybridized carbons (Fsp3) is 1.00. The van der Waals surface area contributed by atoms with Gasteiger partial charge in [-0.1, -0.05) is 26.2 Å². The number of hydrogen-bond acceptors (Lipinski definition) is 2. The second kappa shape index (κ2) is 10.9. The van der Waals surface area contributed by atoms with Crippen molar-refractivity contribution >= 4 is 0 Å². The highest BCUT2D eigenvalue weighted by atomic mass is 16.5. The van der Waals surface area contributed by atoms with Gasteiger partial charge < -0.3 is 10.5 Å². The van der Waals surface area contributed by atoms with Crippen LogP contribution in [0.2, 0.25) is 0 Å². The molecule has 2 nitrogen and oxygen atoms in total. The third kappa shape index (κ3) is 9.92. The van der Waals surface area contributed by atoms with E-state index in [9.17, 15) is 0 Å². The topological polar surface area (TPSA) is 35.2 Å². The molecule has 0 rings (SSSR count). The van der Waals surface area contributed by atoms with Crippen molar-refractivity contribution in [1.82, 2.24) is 0 Å². The Balaban J connectivity index is 2.73. The number of nitrogens with two attached hydrogens (primary N) is 1. The van der Waals surface area contributed by atoms with Crippen molar-refractivity contribution in [2.24, 2.45) is 5.73 Å². The van der Waals surface area contributed by atoms with E-state index < -0.39 is 0 Å². The Labute approximate surface area is 76.5 Å². The number of rotatable bonds is 9. The van der Waals surface area contributed by atoms with Gasteiger partial charge in [-0.3, -0.25) is 0 Å². The molecule has 0 fully saturated rings. The lowest BCUT2D eigenvalue weighted by molar-refractivity contribution is 0.127. The average Bonchev–Trinajstić information content (AvgIpc) is 2.10. The molecule has 0 heterocycles. The minimum atomic E-state index is 0.830. The fourth-order valence-electron chi connectivity index (χ4n) is 1.05. The molecule has 0 aliphatic rings. The third-order valence-corrected chi connectivity index (χ3v) is 1.89. The van der Waals surface area contributed by atoms with Gasteiger partial charge in [-0.05, 0) is 25.8 Å². The molecule has 0 radical (unpaired) electrons. The smallest absolute Gasteiger partial charge is 0.0466 e. The molecule has 0 atom stereocenters. The van der Waals surface area contributed by atoms with Crippen LogP contribution in [0.4, 0.5) is 0 Å². The monoisotopic (exact) mass is 173 g/mol. The first kappa shape index (κ1) is 11.9. The van der Waals surface area contributed by atoms with E-state index >= 15 is 0 Å². The van der Waals surface area contributed by atoms with Gasteiger partial charge in [-0.2, -0.15) is 0 Å². The van der Waals surface area contributed by atoms with E-state index in [-0.39, 0.29) is 0 Å². The molecule has 0 aromatic rings. The van der Waals surface area contributed by atoms with Crippen molar-refractivity contribution in [2.75, 3.05) is 19.8 Å². The van der Waals surface area contributed by atoms with Gasteiger partial charge in [0.05, 0.1) is 0 Å². The Hall–Kier alpha value is -0.0800. The summed E-state index contributed by atoms with van der Waals surface area (Å²) in [5, 5.41) is 0. The van der Waals surface area contributed by atoms with Crippen LogP contribution in [-0.4, -0.2) is 19.8 Å². The lowest BCUT2D eigenvalue weighted by Gasteiger charge is -2.02. The standard InChI is InChI=1S/C10H23NO/c1-2-3-9-12-10-7-5-4-6-8-11/h2-11H2,1H3. The van der Waals surface area contributed by atoms with Crippen molar-refractivity contribution in [3.63, 3.8) is 0 Å². The summed E-state index contributed by atoms with van der Waals surface area (Å²) in [4.78, 5) is 0. The molecule has 0 saturated carbocycles. The predicted molar refractivity (Wildman–Crippen MR) is 53.2 cm³/mol. The highest BCUT2D eigenvalue weighted by molar-refractivity contribution is 4.43. The second-order valence-electron chi connectivity index (χ2n) is 3.17. The van der Waals surface area contributed by atoms with E-state index in [0.29, 0.717) is 0 Å². The van der Waals surface area contributed by atoms with Crippen LogP contribution < -0.4 is 5.73 Å². The first-order valence-corrected chi connectivity index (χ1v) is 5.19. The number of hydrogen-bond donors (Lipinski definition) is 1. The summed E-state index contributed by atoms with van der Waals surface area (Å²) in [6, 6.07) is 0. The van der Waals surface area contributed by atoms with Gasteiger partial charge in [-0.25, -0.2) is 0 Å². The molecule has 0 unspecified atom stereocenters. The molecule has 74 valence electrons. The molecular formula is C10H23NO. The van der Waals surface area contributed by atoms with E-state index in [2.05, 4.69) is 6.92 Å². The zero-order valence-electron chi connectivity index (χ0n) is 8.35. The van der Waals surface area contributed by atoms with Crippen LogP contribution in [0.25, 0.3) is 0 Å². The Morgan fingerprint density at radius 1 is 0.917 bits per heavy atom. The van der Waals surface area contributed by atoms with Crippen LogP contribution in [-0.2, 0) is 4.74 Å². The highest BCUT2D eigenvalue weighted by Gasteiger charge is 1.89. The molecule has 0 aliphatic carbocycles. The Bertz CT molecular complexity index is 66.2. The van der Waals surface area contributed by atoms with Gasteiger partial charge in [0, 0.05) is 13.2 Å². The Kier molecular flexibility index (Phi) is 10.8. The first-order valence-electron chi connectivity index (χ1n) is 5.19. The zero-order chi connectivity index (χ0) is 9.07. The van der Waals surface area contributed by atoms with E-state index in [0.717, 1.165) is 26.2 Å². The summed E-state index contributed by atoms with van der Waals surface area (Å²) in [5.41, 5.74) is 5.38. The summed E-state index contributed by atoms with van der Waals surface area (Å²) < 4.78 is 5.42. The summed E-state index contributed by atoms with van der Waals surface area (Å²) in [5.74, 6) is 0. The molecule has 0 aromatic carbocycles. The first-order chi connectivity index (χ1) is 5.91. The summed E-state index contributed by atoms with van der Waals surface area (Å²) in [7, 11) is 0. The number of ether oxygens (including phenoxy) is 1. The Morgan fingerprint density at radius 3 is 2.25 bits per heavy atom. The van der Waals surface area contributed by atoms with Crippen LogP contribution in [0.1, 0.15) is 45.4 Å². The van der Waals surface area contributed by atoms with Gasteiger partial charge in [0.1, 0.15) is 0 Å². The molecule has 12 heavy (non-hydrogen) atoms. The maximum absolute atomic E-state index is 5.42. The predicted octanol–water partition coefficient (Wildman–Crippen LogP) is 2.32. The van der Waals surface area contributed by atoms with Gasteiger partial charge >= 0.3 is 0 Å². The normalized spacial score (nSPS) is 10.5. The average molecular weight is 173 g/mol. The minimum Gasteiger partial charge on any atom is -0.381 e. The van der Waals surface area contributed by atoms with Gasteiger partial charge in [-0.15, -0.1) is 0 Å². The quantitative estimate of drug-likeness (QED) is 0.543. The van der Waals surface area contributed by atoms with Gasteiger partial charge in [0.25, 0.3) is 0 Å². The largest absolute Gasteiger partial charge is 0.381 e. The molecule has 0 saturated heterocycles. The Morgan fingerprint density at radius 2 is 1.58 bits per heavy atom. The van der Waals surface area contributed by atoms with Crippen molar-refractivity contribution in [1.29, 1.82) is 0 Å². The van der Waals surface area contributed by atoms with Crippen LogP contribution in [0.5, 0.6) is 0 Å².